The Morgan fingerprint density at radius 3 is 2.90 bits per heavy atom. The van der Waals surface area contributed by atoms with E-state index >= 15 is 0 Å². The second-order valence-corrected chi connectivity index (χ2v) is 4.07. The average molecular weight is 282 g/mol. The lowest BCUT2D eigenvalue weighted by atomic mass is 10.2. The maximum Gasteiger partial charge on any atom is 0.404 e. The number of carboxylic acid groups (broad SMARTS) is 1. The number of benzene rings is 1. The van der Waals surface area contributed by atoms with Gasteiger partial charge >= 0.3 is 6.09 Å². The van der Waals surface area contributed by atoms with E-state index in [9.17, 15) is 4.79 Å². The highest BCUT2D eigenvalue weighted by Crippen LogP contribution is 2.12. The van der Waals surface area contributed by atoms with Crippen molar-refractivity contribution < 1.29 is 14.6 Å². The van der Waals surface area contributed by atoms with E-state index in [1.807, 2.05) is 30.3 Å². The summed E-state index contributed by atoms with van der Waals surface area (Å²) in [6.45, 7) is 0.503. The summed E-state index contributed by atoms with van der Waals surface area (Å²) in [5, 5.41) is 10.7. The predicted molar refractivity (Wildman–Crippen MR) is 78.2 cm³/mol. The molecule has 5 heteroatoms. The van der Waals surface area contributed by atoms with Crippen molar-refractivity contribution in [3.05, 3.63) is 59.9 Å². The Bertz CT molecular complexity index is 660. The van der Waals surface area contributed by atoms with Gasteiger partial charge in [0.15, 0.2) is 0 Å². The van der Waals surface area contributed by atoms with Gasteiger partial charge in [0.1, 0.15) is 18.1 Å². The number of hydrogen-bond acceptors (Lipinski definition) is 3. The van der Waals surface area contributed by atoms with Crippen LogP contribution in [0.5, 0.6) is 5.75 Å². The molecule has 0 aliphatic carbocycles. The Morgan fingerprint density at radius 2 is 2.14 bits per heavy atom. The number of hydrogen-bond donors (Lipinski definition) is 2. The number of nitrogens with one attached hydrogen (secondary N) is 1. The van der Waals surface area contributed by atoms with Gasteiger partial charge in [-0.05, 0) is 36.3 Å². The summed E-state index contributed by atoms with van der Waals surface area (Å²) in [5.74, 6) is 6.62. The number of aromatic nitrogens is 1. The lowest BCUT2D eigenvalue weighted by Gasteiger charge is -2.06. The molecule has 0 radical (unpaired) electrons. The van der Waals surface area contributed by atoms with Gasteiger partial charge in [0.2, 0.25) is 0 Å². The first-order valence-electron chi connectivity index (χ1n) is 6.37. The highest BCUT2D eigenvalue weighted by atomic mass is 16.5. The van der Waals surface area contributed by atoms with E-state index in [0.717, 1.165) is 5.56 Å². The van der Waals surface area contributed by atoms with Crippen molar-refractivity contribution in [2.75, 3.05) is 13.2 Å². The van der Waals surface area contributed by atoms with Crippen molar-refractivity contribution in [1.82, 2.24) is 10.3 Å². The molecule has 0 aliphatic rings. The molecule has 0 aliphatic heterocycles. The van der Waals surface area contributed by atoms with Gasteiger partial charge in [0.25, 0.3) is 0 Å². The minimum Gasteiger partial charge on any atom is -0.492 e. The van der Waals surface area contributed by atoms with Crippen LogP contribution in [0.15, 0.2) is 48.7 Å². The van der Waals surface area contributed by atoms with Gasteiger partial charge in [0, 0.05) is 11.8 Å². The fourth-order valence-corrected chi connectivity index (χ4v) is 1.56. The Balaban J connectivity index is 1.95. The first kappa shape index (κ1) is 14.4. The Kier molecular flexibility index (Phi) is 5.18. The fraction of sp³-hybridized carbons (Fsp3) is 0.125. The molecule has 1 heterocycles. The third-order valence-corrected chi connectivity index (χ3v) is 2.48. The second-order valence-electron chi connectivity index (χ2n) is 4.07. The van der Waals surface area contributed by atoms with Crippen LogP contribution in [0.4, 0.5) is 4.79 Å². The Hall–Kier alpha value is -3.00. The van der Waals surface area contributed by atoms with Crippen molar-refractivity contribution in [2.45, 2.75) is 0 Å². The van der Waals surface area contributed by atoms with E-state index in [2.05, 4.69) is 22.1 Å². The van der Waals surface area contributed by atoms with Gasteiger partial charge in [-0.2, -0.15) is 0 Å². The molecule has 106 valence electrons. The van der Waals surface area contributed by atoms with Crippen molar-refractivity contribution in [3.63, 3.8) is 0 Å². The van der Waals surface area contributed by atoms with Crippen molar-refractivity contribution >= 4 is 6.09 Å². The lowest BCUT2D eigenvalue weighted by Crippen LogP contribution is -2.26. The van der Waals surface area contributed by atoms with Gasteiger partial charge in [-0.15, -0.1) is 0 Å². The normalized spacial score (nSPS) is 9.33. The van der Waals surface area contributed by atoms with Crippen LogP contribution in [-0.2, 0) is 0 Å². The molecule has 0 saturated heterocycles. The number of amides is 1. The first-order valence-corrected chi connectivity index (χ1v) is 6.37. The standard InChI is InChI=1S/C16H14N2O3/c19-16(20)18-10-11-21-15-6-3-4-13(12-15)7-8-14-5-1-2-9-17-14/h1-6,9,12,18H,10-11H2,(H,19,20). The van der Waals surface area contributed by atoms with Crippen LogP contribution in [0.2, 0.25) is 0 Å². The largest absolute Gasteiger partial charge is 0.492 e. The molecule has 0 fully saturated rings. The molecule has 1 amide bonds. The molecule has 2 N–H and O–H groups in total. The van der Waals surface area contributed by atoms with Gasteiger partial charge < -0.3 is 15.2 Å². The maximum atomic E-state index is 10.3. The summed E-state index contributed by atoms with van der Waals surface area (Å²) in [4.78, 5) is 14.4. The summed E-state index contributed by atoms with van der Waals surface area (Å²) in [7, 11) is 0. The molecular weight excluding hydrogens is 268 g/mol. The monoisotopic (exact) mass is 282 g/mol. The molecule has 0 saturated carbocycles. The molecule has 5 nitrogen and oxygen atoms in total. The van der Waals surface area contributed by atoms with Crippen LogP contribution in [-0.4, -0.2) is 29.3 Å². The highest BCUT2D eigenvalue weighted by Gasteiger charge is 1.97. The van der Waals surface area contributed by atoms with Gasteiger partial charge in [-0.25, -0.2) is 9.78 Å². The molecular formula is C16H14N2O3. The van der Waals surface area contributed by atoms with Crippen LogP contribution < -0.4 is 10.1 Å². The van der Waals surface area contributed by atoms with E-state index in [-0.39, 0.29) is 13.2 Å². The molecule has 1 aromatic heterocycles. The lowest BCUT2D eigenvalue weighted by molar-refractivity contribution is 0.191. The number of pyridine rings is 1. The molecule has 0 bridgehead atoms. The highest BCUT2D eigenvalue weighted by molar-refractivity contribution is 5.64. The molecule has 1 aromatic carbocycles. The zero-order valence-corrected chi connectivity index (χ0v) is 11.2. The SMILES string of the molecule is O=C(O)NCCOc1cccc(C#Cc2ccccn2)c1. The average Bonchev–Trinajstić information content (AvgIpc) is 2.51. The summed E-state index contributed by atoms with van der Waals surface area (Å²) < 4.78 is 5.44. The molecule has 21 heavy (non-hydrogen) atoms. The van der Waals surface area contributed by atoms with Crippen LogP contribution in [0.25, 0.3) is 0 Å². The summed E-state index contributed by atoms with van der Waals surface area (Å²) in [6, 6.07) is 12.9. The van der Waals surface area contributed by atoms with E-state index < -0.39 is 6.09 Å². The topological polar surface area (TPSA) is 71.5 Å². The number of rotatable bonds is 4. The number of nitrogens with zero attached hydrogens (tertiary/aromatic N) is 1. The van der Waals surface area contributed by atoms with Crippen LogP contribution in [0.1, 0.15) is 11.3 Å². The van der Waals surface area contributed by atoms with Gasteiger partial charge in [-0.1, -0.05) is 18.1 Å². The molecule has 0 unspecified atom stereocenters. The maximum absolute atomic E-state index is 10.3. The molecule has 2 rings (SSSR count). The number of carbonyl (C=O) groups is 1. The third-order valence-electron chi connectivity index (χ3n) is 2.48. The minimum absolute atomic E-state index is 0.235. The summed E-state index contributed by atoms with van der Waals surface area (Å²) >= 11 is 0. The van der Waals surface area contributed by atoms with E-state index in [4.69, 9.17) is 9.84 Å². The zero-order valence-electron chi connectivity index (χ0n) is 11.2. The van der Waals surface area contributed by atoms with E-state index in [0.29, 0.717) is 11.4 Å². The predicted octanol–water partition coefficient (Wildman–Crippen LogP) is 2.13. The quantitative estimate of drug-likeness (QED) is 0.665. The van der Waals surface area contributed by atoms with Crippen LogP contribution >= 0.6 is 0 Å². The molecule has 0 atom stereocenters. The fourth-order valence-electron chi connectivity index (χ4n) is 1.56. The molecule has 2 aromatic rings. The number of ether oxygens (including phenoxy) is 1. The summed E-state index contributed by atoms with van der Waals surface area (Å²) in [6.07, 6.45) is 0.632. The first-order chi connectivity index (χ1) is 10.2. The van der Waals surface area contributed by atoms with E-state index in [1.54, 1.807) is 18.3 Å². The summed E-state index contributed by atoms with van der Waals surface area (Å²) in [5.41, 5.74) is 1.51. The van der Waals surface area contributed by atoms with Crippen molar-refractivity contribution in [2.24, 2.45) is 0 Å². The minimum atomic E-state index is -1.06. The van der Waals surface area contributed by atoms with Gasteiger partial charge in [0.05, 0.1) is 6.54 Å². The third kappa shape index (κ3) is 5.25. The van der Waals surface area contributed by atoms with E-state index in [1.165, 1.54) is 0 Å². The van der Waals surface area contributed by atoms with Crippen molar-refractivity contribution in [3.8, 4) is 17.6 Å². The zero-order chi connectivity index (χ0) is 14.9. The smallest absolute Gasteiger partial charge is 0.404 e. The second kappa shape index (κ2) is 7.56. The Morgan fingerprint density at radius 1 is 1.24 bits per heavy atom. The van der Waals surface area contributed by atoms with Crippen LogP contribution in [0.3, 0.4) is 0 Å². The molecule has 0 spiro atoms. The van der Waals surface area contributed by atoms with Crippen molar-refractivity contribution in [1.29, 1.82) is 0 Å². The Labute approximate surface area is 122 Å². The van der Waals surface area contributed by atoms with Gasteiger partial charge in [-0.3, -0.25) is 0 Å². The van der Waals surface area contributed by atoms with Crippen LogP contribution in [0, 0.1) is 11.8 Å².